The number of ether oxygens (including phenoxy) is 1. The quantitative estimate of drug-likeness (QED) is 0.883. The zero-order valence-electron chi connectivity index (χ0n) is 10.8. The van der Waals surface area contributed by atoms with Gasteiger partial charge < -0.3 is 10.1 Å². The Morgan fingerprint density at radius 1 is 1.16 bits per heavy atom. The second kappa shape index (κ2) is 6.17. The number of rotatable bonds is 4. The molecular formula is C15H15BrFNO. The molecule has 1 atom stereocenters. The fourth-order valence-electron chi connectivity index (χ4n) is 1.77. The molecular weight excluding hydrogens is 309 g/mol. The van der Waals surface area contributed by atoms with Crippen LogP contribution in [-0.4, -0.2) is 7.05 Å². The first-order valence-corrected chi connectivity index (χ1v) is 6.81. The van der Waals surface area contributed by atoms with Gasteiger partial charge in [0.25, 0.3) is 0 Å². The summed E-state index contributed by atoms with van der Waals surface area (Å²) >= 11 is 3.39. The molecule has 0 heterocycles. The molecule has 0 saturated carbocycles. The molecule has 100 valence electrons. The minimum atomic E-state index is -0.365. The van der Waals surface area contributed by atoms with Gasteiger partial charge in [0.15, 0.2) is 11.6 Å². The average molecular weight is 324 g/mol. The van der Waals surface area contributed by atoms with E-state index in [1.54, 1.807) is 12.1 Å². The van der Waals surface area contributed by atoms with E-state index in [2.05, 4.69) is 21.2 Å². The molecule has 0 aromatic heterocycles. The van der Waals surface area contributed by atoms with E-state index in [9.17, 15) is 4.39 Å². The molecule has 0 radical (unpaired) electrons. The van der Waals surface area contributed by atoms with Crippen LogP contribution in [0.3, 0.4) is 0 Å². The minimum absolute atomic E-state index is 0.00758. The lowest BCUT2D eigenvalue weighted by atomic mass is 10.1. The molecule has 4 heteroatoms. The topological polar surface area (TPSA) is 21.3 Å². The van der Waals surface area contributed by atoms with Crippen molar-refractivity contribution in [2.75, 3.05) is 7.05 Å². The van der Waals surface area contributed by atoms with Crippen molar-refractivity contribution in [1.82, 2.24) is 5.32 Å². The van der Waals surface area contributed by atoms with Crippen molar-refractivity contribution in [2.45, 2.75) is 13.0 Å². The van der Waals surface area contributed by atoms with Crippen LogP contribution in [0.5, 0.6) is 11.5 Å². The summed E-state index contributed by atoms with van der Waals surface area (Å²) in [5, 5.41) is 3.09. The van der Waals surface area contributed by atoms with E-state index in [1.165, 1.54) is 6.07 Å². The van der Waals surface area contributed by atoms with Crippen molar-refractivity contribution in [3.63, 3.8) is 0 Å². The zero-order valence-corrected chi connectivity index (χ0v) is 12.4. The lowest BCUT2D eigenvalue weighted by Gasteiger charge is -2.17. The standard InChI is InChI=1S/C15H15BrFNO/c1-10(18-2)11-6-5-8-13(17)15(11)19-14-9-4-3-7-12(14)16/h3-10,18H,1-2H3. The zero-order chi connectivity index (χ0) is 13.8. The SMILES string of the molecule is CNC(C)c1cccc(F)c1Oc1ccccc1Br. The maximum atomic E-state index is 14.0. The summed E-state index contributed by atoms with van der Waals surface area (Å²) in [6, 6.07) is 12.3. The molecule has 0 fully saturated rings. The first-order valence-electron chi connectivity index (χ1n) is 6.01. The third kappa shape index (κ3) is 3.14. The van der Waals surface area contributed by atoms with E-state index < -0.39 is 0 Å². The lowest BCUT2D eigenvalue weighted by Crippen LogP contribution is -2.13. The molecule has 0 aliphatic heterocycles. The highest BCUT2D eigenvalue weighted by molar-refractivity contribution is 9.10. The molecule has 0 saturated heterocycles. The molecule has 2 aromatic rings. The Bertz CT molecular complexity index is 574. The fourth-order valence-corrected chi connectivity index (χ4v) is 2.13. The van der Waals surface area contributed by atoms with Gasteiger partial charge in [-0.15, -0.1) is 0 Å². The number of halogens is 2. The molecule has 2 aromatic carbocycles. The summed E-state index contributed by atoms with van der Waals surface area (Å²) in [6.07, 6.45) is 0. The normalized spacial score (nSPS) is 12.2. The van der Waals surface area contributed by atoms with Crippen LogP contribution in [0.2, 0.25) is 0 Å². The highest BCUT2D eigenvalue weighted by atomic mass is 79.9. The fraction of sp³-hybridized carbons (Fsp3) is 0.200. The van der Waals surface area contributed by atoms with Gasteiger partial charge in [-0.25, -0.2) is 4.39 Å². The monoisotopic (exact) mass is 323 g/mol. The molecule has 1 unspecified atom stereocenters. The van der Waals surface area contributed by atoms with Crippen LogP contribution in [0.4, 0.5) is 4.39 Å². The molecule has 0 bridgehead atoms. The van der Waals surface area contributed by atoms with Gasteiger partial charge in [0.05, 0.1) is 4.47 Å². The Morgan fingerprint density at radius 2 is 1.89 bits per heavy atom. The van der Waals surface area contributed by atoms with E-state index >= 15 is 0 Å². The molecule has 19 heavy (non-hydrogen) atoms. The van der Waals surface area contributed by atoms with Gasteiger partial charge in [-0.1, -0.05) is 24.3 Å². The summed E-state index contributed by atoms with van der Waals surface area (Å²) in [6.45, 7) is 1.96. The summed E-state index contributed by atoms with van der Waals surface area (Å²) in [4.78, 5) is 0. The van der Waals surface area contributed by atoms with E-state index in [0.29, 0.717) is 5.75 Å². The van der Waals surface area contributed by atoms with E-state index in [-0.39, 0.29) is 17.6 Å². The number of nitrogens with one attached hydrogen (secondary N) is 1. The Balaban J connectivity index is 2.42. The summed E-state index contributed by atoms with van der Waals surface area (Å²) in [7, 11) is 1.83. The van der Waals surface area contributed by atoms with E-state index in [1.807, 2.05) is 38.2 Å². The predicted octanol–water partition coefficient (Wildman–Crippen LogP) is 4.66. The van der Waals surface area contributed by atoms with Crippen molar-refractivity contribution < 1.29 is 9.13 Å². The van der Waals surface area contributed by atoms with Crippen LogP contribution < -0.4 is 10.1 Å². The van der Waals surface area contributed by atoms with Gasteiger partial charge in [-0.2, -0.15) is 0 Å². The Kier molecular flexibility index (Phi) is 4.56. The second-order valence-corrected chi connectivity index (χ2v) is 5.06. The largest absolute Gasteiger partial charge is 0.453 e. The van der Waals surface area contributed by atoms with Gasteiger partial charge in [0.2, 0.25) is 0 Å². The van der Waals surface area contributed by atoms with E-state index in [0.717, 1.165) is 10.0 Å². The highest BCUT2D eigenvalue weighted by Gasteiger charge is 2.16. The van der Waals surface area contributed by atoms with Crippen LogP contribution in [0.1, 0.15) is 18.5 Å². The van der Waals surface area contributed by atoms with Crippen LogP contribution in [0, 0.1) is 5.82 Å². The van der Waals surface area contributed by atoms with Crippen molar-refractivity contribution in [3.8, 4) is 11.5 Å². The average Bonchev–Trinajstić information content (AvgIpc) is 2.42. The number of benzene rings is 2. The van der Waals surface area contributed by atoms with Crippen molar-refractivity contribution >= 4 is 15.9 Å². The summed E-state index contributed by atoms with van der Waals surface area (Å²) < 4.78 is 20.5. The van der Waals surface area contributed by atoms with Crippen LogP contribution in [0.15, 0.2) is 46.9 Å². The van der Waals surface area contributed by atoms with Gasteiger partial charge in [0, 0.05) is 11.6 Å². The predicted molar refractivity (Wildman–Crippen MR) is 78.1 cm³/mol. The van der Waals surface area contributed by atoms with Crippen LogP contribution >= 0.6 is 15.9 Å². The van der Waals surface area contributed by atoms with Crippen molar-refractivity contribution in [2.24, 2.45) is 0 Å². The minimum Gasteiger partial charge on any atom is -0.453 e. The molecule has 0 spiro atoms. The molecule has 2 nitrogen and oxygen atoms in total. The lowest BCUT2D eigenvalue weighted by molar-refractivity contribution is 0.426. The molecule has 0 aliphatic carbocycles. The van der Waals surface area contributed by atoms with Gasteiger partial charge in [0.1, 0.15) is 5.75 Å². The summed E-state index contributed by atoms with van der Waals surface area (Å²) in [5.74, 6) is 0.490. The number of hydrogen-bond donors (Lipinski definition) is 1. The Labute approximate surface area is 120 Å². The van der Waals surface area contributed by atoms with Gasteiger partial charge in [-0.3, -0.25) is 0 Å². The van der Waals surface area contributed by atoms with Crippen molar-refractivity contribution in [1.29, 1.82) is 0 Å². The maximum Gasteiger partial charge on any atom is 0.167 e. The van der Waals surface area contributed by atoms with Crippen LogP contribution in [-0.2, 0) is 0 Å². The molecule has 2 rings (SSSR count). The third-order valence-electron chi connectivity index (χ3n) is 2.95. The molecule has 0 aliphatic rings. The first-order chi connectivity index (χ1) is 9.13. The third-order valence-corrected chi connectivity index (χ3v) is 3.60. The van der Waals surface area contributed by atoms with Crippen LogP contribution in [0.25, 0.3) is 0 Å². The smallest absolute Gasteiger partial charge is 0.167 e. The second-order valence-electron chi connectivity index (χ2n) is 4.20. The Hall–Kier alpha value is -1.39. The van der Waals surface area contributed by atoms with E-state index in [4.69, 9.17) is 4.74 Å². The van der Waals surface area contributed by atoms with Gasteiger partial charge in [-0.05, 0) is 48.1 Å². The molecule has 0 amide bonds. The maximum absolute atomic E-state index is 14.0. The Morgan fingerprint density at radius 3 is 2.58 bits per heavy atom. The first kappa shape index (κ1) is 14.0. The summed E-state index contributed by atoms with van der Waals surface area (Å²) in [5.41, 5.74) is 0.790. The van der Waals surface area contributed by atoms with Crippen molar-refractivity contribution in [3.05, 3.63) is 58.3 Å². The number of para-hydroxylation sites is 2. The van der Waals surface area contributed by atoms with Gasteiger partial charge >= 0.3 is 0 Å². The highest BCUT2D eigenvalue weighted by Crippen LogP contribution is 2.35. The molecule has 1 N–H and O–H groups in total. The number of hydrogen-bond acceptors (Lipinski definition) is 2.